The van der Waals surface area contributed by atoms with E-state index in [0.717, 1.165) is 66.9 Å². The highest BCUT2D eigenvalue weighted by Gasteiger charge is 2.26. The molecule has 4 heterocycles. The van der Waals surface area contributed by atoms with Crippen molar-refractivity contribution in [1.82, 2.24) is 50.3 Å². The fraction of sp³-hybridized carbons (Fsp3) is 0.478. The first kappa shape index (κ1) is 52.5. The zero-order valence-corrected chi connectivity index (χ0v) is 41.0. The number of alkyl carbamates (subject to hydrolysis) is 2. The van der Waals surface area contributed by atoms with Gasteiger partial charge in [-0.1, -0.05) is 92.5 Å². The zero-order chi connectivity index (χ0) is 47.3. The normalized spacial score (nSPS) is 11.4. The number of fused-ring (bicyclic) bond motifs is 2. The van der Waals surface area contributed by atoms with Gasteiger partial charge in [0.2, 0.25) is 11.8 Å². The van der Waals surface area contributed by atoms with Crippen molar-refractivity contribution in [3.8, 4) is 33.6 Å². The van der Waals surface area contributed by atoms with E-state index in [9.17, 15) is 19.2 Å². The number of aromatic nitrogens is 6. The van der Waals surface area contributed by atoms with Crippen LogP contribution in [0.3, 0.4) is 0 Å². The van der Waals surface area contributed by atoms with Crippen LogP contribution in [-0.2, 0) is 19.1 Å². The standard InChI is InChI=1S/C38H44N10O6S2.2C3H8.C2H6/c1-7-13-47(29(49)17-41-37(51)53-5)21(3)35-39-15-27(45-35)25-11-9-23(31-33(25)55-19-43-31)24-10-12-26(34-32(24)44-20-56-34)28-16-40-36(46-28)22(4)48(14-8-2)30(50)18-42-38(52)54-6;2*1-3-2;1-2/h9-12,15-16,19-22H,7-8,13-14,17-18H2,1-6H3,(H,39,45)(H,40,46)(H,41,51)(H,42,52);2*3H2,1-2H3;1-2H3. The Kier molecular flexibility index (Phi) is 21.9. The Labute approximate surface area is 385 Å². The van der Waals surface area contributed by atoms with Crippen molar-refractivity contribution in [3.05, 3.63) is 59.3 Å². The number of nitrogens with one attached hydrogen (secondary N) is 4. The predicted molar refractivity (Wildman–Crippen MR) is 258 cm³/mol. The van der Waals surface area contributed by atoms with E-state index in [1.165, 1.54) is 49.7 Å². The Balaban J connectivity index is 0.00000127. The molecule has 4 amide bonds. The molecule has 18 heteroatoms. The number of thiazole rings is 2. The van der Waals surface area contributed by atoms with Crippen molar-refractivity contribution < 1.29 is 28.7 Å². The van der Waals surface area contributed by atoms with Gasteiger partial charge in [0.1, 0.15) is 24.7 Å². The Bertz CT molecular complexity index is 2220. The molecule has 4 N–H and O–H groups in total. The van der Waals surface area contributed by atoms with Crippen LogP contribution in [0.25, 0.3) is 54.1 Å². The van der Waals surface area contributed by atoms with Gasteiger partial charge in [0.25, 0.3) is 0 Å². The molecule has 0 saturated heterocycles. The SMILES string of the molecule is CC.CCC.CCC.CCCN(C(=O)CNC(=O)OC)C(C)c1ncc(-c2ccc(-c3ccc(-c4cnc(C(C)N(CCC)C(=O)CNC(=O)OC)[nH]4)c4scnc34)c3ncsc23)[nH]1. The third-order valence-corrected chi connectivity index (χ3v) is 11.2. The smallest absolute Gasteiger partial charge is 0.407 e. The third-order valence-electron chi connectivity index (χ3n) is 9.46. The first-order valence-corrected chi connectivity index (χ1v) is 23.7. The number of hydrogen-bond donors (Lipinski definition) is 4. The molecular formula is C46H66N10O6S2. The number of benzene rings is 2. The van der Waals surface area contributed by atoms with Gasteiger partial charge in [0, 0.05) is 35.3 Å². The molecule has 0 bridgehead atoms. The lowest BCUT2D eigenvalue weighted by molar-refractivity contribution is -0.133. The number of amides is 4. The van der Waals surface area contributed by atoms with Crippen molar-refractivity contribution in [2.24, 2.45) is 0 Å². The number of ether oxygens (including phenoxy) is 2. The highest BCUT2D eigenvalue weighted by molar-refractivity contribution is 7.17. The highest BCUT2D eigenvalue weighted by atomic mass is 32.1. The van der Waals surface area contributed by atoms with E-state index in [0.29, 0.717) is 24.7 Å². The molecule has 0 aliphatic heterocycles. The summed E-state index contributed by atoms with van der Waals surface area (Å²) in [5, 5.41) is 4.93. The maximum absolute atomic E-state index is 13.0. The van der Waals surface area contributed by atoms with Crippen molar-refractivity contribution in [1.29, 1.82) is 0 Å². The topological polar surface area (TPSA) is 200 Å². The average Bonchev–Trinajstić information content (AvgIpc) is 4.16. The summed E-state index contributed by atoms with van der Waals surface area (Å²) in [5.41, 5.74) is 10.6. The summed E-state index contributed by atoms with van der Waals surface area (Å²) in [6.07, 6.45) is 6.18. The Morgan fingerprint density at radius 3 is 1.28 bits per heavy atom. The number of carbonyl (C=O) groups excluding carboxylic acids is 4. The molecule has 64 heavy (non-hydrogen) atoms. The molecule has 4 aromatic heterocycles. The molecule has 0 radical (unpaired) electrons. The van der Waals surface area contributed by atoms with Gasteiger partial charge in [-0.2, -0.15) is 0 Å². The second-order valence-electron chi connectivity index (χ2n) is 14.4. The minimum Gasteiger partial charge on any atom is -0.453 e. The van der Waals surface area contributed by atoms with Crippen LogP contribution in [0.1, 0.15) is 119 Å². The number of H-pyrrole nitrogens is 2. The van der Waals surface area contributed by atoms with E-state index >= 15 is 0 Å². The lowest BCUT2D eigenvalue weighted by Crippen LogP contribution is -2.42. The first-order valence-electron chi connectivity index (χ1n) is 22.0. The van der Waals surface area contributed by atoms with E-state index in [4.69, 9.17) is 9.97 Å². The fourth-order valence-corrected chi connectivity index (χ4v) is 8.31. The van der Waals surface area contributed by atoms with Gasteiger partial charge in [0.05, 0.1) is 81.5 Å². The number of carbonyl (C=O) groups is 4. The number of hydrogen-bond acceptors (Lipinski definition) is 12. The quantitative estimate of drug-likeness (QED) is 0.0768. The molecule has 2 aromatic carbocycles. The molecule has 0 aliphatic rings. The second kappa shape index (κ2) is 26.7. The van der Waals surface area contributed by atoms with Crippen LogP contribution in [-0.4, -0.2) is 104 Å². The predicted octanol–water partition coefficient (Wildman–Crippen LogP) is 10.5. The molecule has 0 aliphatic carbocycles. The summed E-state index contributed by atoms with van der Waals surface area (Å²) in [6, 6.07) is 7.45. The lowest BCUT2D eigenvalue weighted by atomic mass is 9.98. The molecule has 6 rings (SSSR count). The van der Waals surface area contributed by atoms with Gasteiger partial charge in [-0.3, -0.25) is 9.59 Å². The molecular weight excluding hydrogens is 853 g/mol. The lowest BCUT2D eigenvalue weighted by Gasteiger charge is -2.27. The Morgan fingerprint density at radius 2 is 0.953 bits per heavy atom. The average molecular weight is 919 g/mol. The van der Waals surface area contributed by atoms with E-state index in [1.807, 2.05) is 76.8 Å². The Morgan fingerprint density at radius 1 is 0.609 bits per heavy atom. The molecule has 0 spiro atoms. The summed E-state index contributed by atoms with van der Waals surface area (Å²) in [7, 11) is 2.51. The summed E-state index contributed by atoms with van der Waals surface area (Å²) in [5.74, 6) is 0.766. The minimum absolute atomic E-state index is 0.179. The molecule has 0 saturated carbocycles. The number of aromatic amines is 2. The van der Waals surface area contributed by atoms with Gasteiger partial charge in [-0.25, -0.2) is 29.5 Å². The number of imidazole rings is 2. The number of methoxy groups -OCH3 is 2. The zero-order valence-electron chi connectivity index (χ0n) is 39.4. The van der Waals surface area contributed by atoms with Crippen LogP contribution in [0.5, 0.6) is 0 Å². The second-order valence-corrected chi connectivity index (χ2v) is 16.1. The van der Waals surface area contributed by atoms with Crippen LogP contribution in [0.2, 0.25) is 0 Å². The van der Waals surface area contributed by atoms with Gasteiger partial charge < -0.3 is 39.9 Å². The molecule has 16 nitrogen and oxygen atoms in total. The van der Waals surface area contributed by atoms with Crippen molar-refractivity contribution in [2.45, 2.75) is 107 Å². The Hall–Kier alpha value is -5.88. The molecule has 6 aromatic rings. The highest BCUT2D eigenvalue weighted by Crippen LogP contribution is 2.42. The van der Waals surface area contributed by atoms with Crippen LogP contribution in [0.4, 0.5) is 9.59 Å². The molecule has 0 fully saturated rings. The van der Waals surface area contributed by atoms with Gasteiger partial charge in [-0.05, 0) is 26.7 Å². The molecule has 2 unspecified atom stereocenters. The van der Waals surface area contributed by atoms with Gasteiger partial charge in [0.15, 0.2) is 0 Å². The maximum atomic E-state index is 13.0. The van der Waals surface area contributed by atoms with E-state index in [2.05, 4.69) is 67.7 Å². The minimum atomic E-state index is -0.665. The van der Waals surface area contributed by atoms with E-state index < -0.39 is 12.2 Å². The van der Waals surface area contributed by atoms with E-state index in [1.54, 1.807) is 22.2 Å². The van der Waals surface area contributed by atoms with Crippen molar-refractivity contribution in [3.63, 3.8) is 0 Å². The summed E-state index contributed by atoms with van der Waals surface area (Å²) < 4.78 is 11.2. The monoisotopic (exact) mass is 918 g/mol. The number of rotatable bonds is 15. The van der Waals surface area contributed by atoms with Crippen molar-refractivity contribution in [2.75, 3.05) is 40.4 Å². The molecule has 2 atom stereocenters. The third kappa shape index (κ3) is 13.1. The van der Waals surface area contributed by atoms with E-state index in [-0.39, 0.29) is 37.0 Å². The summed E-state index contributed by atoms with van der Waals surface area (Å²) in [4.78, 5) is 78.4. The van der Waals surface area contributed by atoms with Crippen LogP contribution < -0.4 is 10.6 Å². The largest absolute Gasteiger partial charge is 0.453 e. The van der Waals surface area contributed by atoms with Crippen LogP contribution in [0.15, 0.2) is 47.7 Å². The maximum Gasteiger partial charge on any atom is 0.407 e. The summed E-state index contributed by atoms with van der Waals surface area (Å²) >= 11 is 3.06. The summed E-state index contributed by atoms with van der Waals surface area (Å²) in [6.45, 7) is 20.9. The van der Waals surface area contributed by atoms with Crippen molar-refractivity contribution >= 4 is 67.1 Å². The van der Waals surface area contributed by atoms with Gasteiger partial charge in [-0.15, -0.1) is 22.7 Å². The van der Waals surface area contributed by atoms with Crippen LogP contribution >= 0.6 is 22.7 Å². The van der Waals surface area contributed by atoms with Crippen LogP contribution in [0, 0.1) is 0 Å². The first-order chi connectivity index (χ1) is 30.9. The van der Waals surface area contributed by atoms with Gasteiger partial charge >= 0.3 is 12.2 Å². The number of nitrogens with zero attached hydrogens (tertiary/aromatic N) is 6. The fourth-order valence-electron chi connectivity index (χ4n) is 6.62. The molecule has 348 valence electrons.